The van der Waals surface area contributed by atoms with Gasteiger partial charge in [-0.1, -0.05) is 101 Å². The summed E-state index contributed by atoms with van der Waals surface area (Å²) in [5.41, 5.74) is 5.36. The maximum absolute atomic E-state index is 12.5. The molecule has 4 nitrogen and oxygen atoms in total. The second-order valence-corrected chi connectivity index (χ2v) is 9.98. The van der Waals surface area contributed by atoms with Crippen molar-refractivity contribution in [3.63, 3.8) is 0 Å². The van der Waals surface area contributed by atoms with Gasteiger partial charge in [0.2, 0.25) is 0 Å². The van der Waals surface area contributed by atoms with Gasteiger partial charge >= 0.3 is 11.9 Å². The fourth-order valence-electron chi connectivity index (χ4n) is 4.32. The van der Waals surface area contributed by atoms with Crippen LogP contribution in [0, 0.1) is 0 Å². The largest absolute Gasteiger partial charge is 0.457 e. The van der Waals surface area contributed by atoms with Crippen LogP contribution in [0.2, 0.25) is 0 Å². The van der Waals surface area contributed by atoms with Gasteiger partial charge in [-0.2, -0.15) is 0 Å². The molecule has 0 fully saturated rings. The number of hydrogen-bond acceptors (Lipinski definition) is 4. The fraction of sp³-hybridized carbons (Fsp3) is 0.412. The van der Waals surface area contributed by atoms with Crippen LogP contribution in [-0.4, -0.2) is 11.9 Å². The third-order valence-electron chi connectivity index (χ3n) is 6.78. The van der Waals surface area contributed by atoms with Crippen LogP contribution in [-0.2, 0) is 35.5 Å². The lowest BCUT2D eigenvalue weighted by atomic mass is 10.0. The van der Waals surface area contributed by atoms with Gasteiger partial charge in [0, 0.05) is 0 Å². The highest BCUT2D eigenvalue weighted by Crippen LogP contribution is 2.14. The summed E-state index contributed by atoms with van der Waals surface area (Å²) in [4.78, 5) is 24.9. The van der Waals surface area contributed by atoms with Crippen LogP contribution in [0.1, 0.15) is 108 Å². The van der Waals surface area contributed by atoms with Crippen LogP contribution in [0.4, 0.5) is 0 Å². The highest BCUT2D eigenvalue weighted by Gasteiger charge is 2.12. The average Bonchev–Trinajstić information content (AvgIpc) is 2.96. The van der Waals surface area contributed by atoms with Crippen LogP contribution < -0.4 is 0 Å². The van der Waals surface area contributed by atoms with Gasteiger partial charge in [0.25, 0.3) is 0 Å². The SMILES string of the molecule is CCCCCCc1ccc(COC(=O)c2ccc(C(=O)OCc3ccc(CCCCCC)cc3)cc2)cc1. The molecule has 0 spiro atoms. The third kappa shape index (κ3) is 10.2. The molecule has 0 aromatic heterocycles. The molecule has 0 heterocycles. The minimum Gasteiger partial charge on any atom is -0.457 e. The summed E-state index contributed by atoms with van der Waals surface area (Å²) in [7, 11) is 0. The molecular weight excluding hydrogens is 472 g/mol. The molecule has 4 heteroatoms. The molecule has 3 aromatic carbocycles. The van der Waals surface area contributed by atoms with Crippen molar-refractivity contribution >= 4 is 11.9 Å². The zero-order chi connectivity index (χ0) is 27.0. The first-order chi connectivity index (χ1) is 18.6. The van der Waals surface area contributed by atoms with Crippen molar-refractivity contribution in [2.75, 3.05) is 0 Å². The van der Waals surface area contributed by atoms with E-state index in [0.29, 0.717) is 11.1 Å². The number of carbonyl (C=O) groups excluding carboxylic acids is 2. The molecule has 0 saturated heterocycles. The predicted octanol–water partition coefficient (Wildman–Crippen LogP) is 8.65. The Morgan fingerprint density at radius 1 is 0.474 bits per heavy atom. The van der Waals surface area contributed by atoms with Crippen molar-refractivity contribution in [3.8, 4) is 0 Å². The normalized spacial score (nSPS) is 10.8. The van der Waals surface area contributed by atoms with E-state index < -0.39 is 11.9 Å². The van der Waals surface area contributed by atoms with Crippen LogP contribution in [0.25, 0.3) is 0 Å². The van der Waals surface area contributed by atoms with Crippen molar-refractivity contribution in [2.24, 2.45) is 0 Å². The number of unbranched alkanes of at least 4 members (excludes halogenated alkanes) is 6. The topological polar surface area (TPSA) is 52.6 Å². The number of benzene rings is 3. The standard InChI is InChI=1S/C34H42O4/c1-3-5-7-9-11-27-13-17-29(18-14-27)25-37-33(35)31-21-23-32(24-22-31)34(36)38-26-30-19-15-28(16-20-30)12-10-8-6-4-2/h13-24H,3-12,25-26H2,1-2H3. The number of ether oxygens (including phenoxy) is 2. The first-order valence-electron chi connectivity index (χ1n) is 14.2. The highest BCUT2D eigenvalue weighted by molar-refractivity contribution is 5.93. The Morgan fingerprint density at radius 2 is 0.816 bits per heavy atom. The first-order valence-corrected chi connectivity index (χ1v) is 14.2. The fourth-order valence-corrected chi connectivity index (χ4v) is 4.32. The van der Waals surface area contributed by atoms with Gasteiger partial charge in [-0.15, -0.1) is 0 Å². The van der Waals surface area contributed by atoms with Crippen LogP contribution in [0.15, 0.2) is 72.8 Å². The van der Waals surface area contributed by atoms with Gasteiger partial charge in [-0.3, -0.25) is 0 Å². The Hall–Kier alpha value is -3.40. The summed E-state index contributed by atoms with van der Waals surface area (Å²) >= 11 is 0. The van der Waals surface area contributed by atoms with E-state index in [4.69, 9.17) is 9.47 Å². The Kier molecular flexibility index (Phi) is 12.6. The molecule has 0 amide bonds. The smallest absolute Gasteiger partial charge is 0.338 e. The molecule has 3 aromatic rings. The Bertz CT molecular complexity index is 1010. The number of aryl methyl sites for hydroxylation is 2. The lowest BCUT2D eigenvalue weighted by molar-refractivity contribution is 0.0458. The van der Waals surface area contributed by atoms with E-state index in [1.165, 1.54) is 62.5 Å². The predicted molar refractivity (Wildman–Crippen MR) is 153 cm³/mol. The van der Waals surface area contributed by atoms with Crippen molar-refractivity contribution in [3.05, 3.63) is 106 Å². The van der Waals surface area contributed by atoms with E-state index in [2.05, 4.69) is 38.1 Å². The lowest BCUT2D eigenvalue weighted by Gasteiger charge is -2.08. The zero-order valence-corrected chi connectivity index (χ0v) is 23.0. The minimum atomic E-state index is -0.414. The van der Waals surface area contributed by atoms with E-state index in [0.717, 1.165) is 24.0 Å². The zero-order valence-electron chi connectivity index (χ0n) is 23.0. The highest BCUT2D eigenvalue weighted by atomic mass is 16.5. The Labute approximate surface area is 228 Å². The molecule has 38 heavy (non-hydrogen) atoms. The van der Waals surface area contributed by atoms with Gasteiger partial charge < -0.3 is 9.47 Å². The second-order valence-electron chi connectivity index (χ2n) is 9.98. The van der Waals surface area contributed by atoms with E-state index in [1.54, 1.807) is 24.3 Å². The van der Waals surface area contributed by atoms with E-state index in [-0.39, 0.29) is 13.2 Å². The quantitative estimate of drug-likeness (QED) is 0.142. The first kappa shape index (κ1) is 29.2. The summed E-state index contributed by atoms with van der Waals surface area (Å²) in [6.07, 6.45) is 12.2. The van der Waals surface area contributed by atoms with Gasteiger partial charge in [-0.25, -0.2) is 9.59 Å². The van der Waals surface area contributed by atoms with Crippen molar-refractivity contribution in [1.29, 1.82) is 0 Å². The summed E-state index contributed by atoms with van der Waals surface area (Å²) in [6.45, 7) is 4.87. The monoisotopic (exact) mass is 514 g/mol. The van der Waals surface area contributed by atoms with Gasteiger partial charge in [0.1, 0.15) is 13.2 Å². The number of hydrogen-bond donors (Lipinski definition) is 0. The summed E-state index contributed by atoms with van der Waals surface area (Å²) in [6, 6.07) is 22.9. The average molecular weight is 515 g/mol. The van der Waals surface area contributed by atoms with Crippen molar-refractivity contribution in [2.45, 2.75) is 91.3 Å². The van der Waals surface area contributed by atoms with E-state index in [9.17, 15) is 9.59 Å². The molecule has 202 valence electrons. The molecule has 0 atom stereocenters. The number of esters is 2. The summed E-state index contributed by atoms with van der Waals surface area (Å²) in [5.74, 6) is -0.827. The number of rotatable bonds is 16. The Morgan fingerprint density at radius 3 is 1.16 bits per heavy atom. The van der Waals surface area contributed by atoms with Crippen LogP contribution >= 0.6 is 0 Å². The van der Waals surface area contributed by atoms with Crippen molar-refractivity contribution in [1.82, 2.24) is 0 Å². The lowest BCUT2D eigenvalue weighted by Crippen LogP contribution is -2.08. The van der Waals surface area contributed by atoms with Crippen LogP contribution in [0.5, 0.6) is 0 Å². The molecular formula is C34H42O4. The van der Waals surface area contributed by atoms with Crippen molar-refractivity contribution < 1.29 is 19.1 Å². The summed E-state index contributed by atoms with van der Waals surface area (Å²) < 4.78 is 10.9. The van der Waals surface area contributed by atoms with Crippen LogP contribution in [0.3, 0.4) is 0 Å². The summed E-state index contributed by atoms with van der Waals surface area (Å²) in [5, 5.41) is 0. The maximum Gasteiger partial charge on any atom is 0.338 e. The molecule has 0 aliphatic carbocycles. The molecule has 0 aliphatic heterocycles. The maximum atomic E-state index is 12.5. The third-order valence-corrected chi connectivity index (χ3v) is 6.78. The molecule has 0 saturated carbocycles. The molecule has 0 radical (unpaired) electrons. The molecule has 0 N–H and O–H groups in total. The van der Waals surface area contributed by atoms with Gasteiger partial charge in [0.15, 0.2) is 0 Å². The molecule has 3 rings (SSSR count). The molecule has 0 bridgehead atoms. The molecule has 0 aliphatic rings. The van der Waals surface area contributed by atoms with E-state index in [1.807, 2.05) is 24.3 Å². The minimum absolute atomic E-state index is 0.219. The Balaban J connectivity index is 1.40. The molecule has 0 unspecified atom stereocenters. The number of carbonyl (C=O) groups is 2. The van der Waals surface area contributed by atoms with Gasteiger partial charge in [-0.05, 0) is 72.2 Å². The van der Waals surface area contributed by atoms with Gasteiger partial charge in [0.05, 0.1) is 11.1 Å². The van der Waals surface area contributed by atoms with E-state index >= 15 is 0 Å². The second kappa shape index (κ2) is 16.4.